The Hall–Kier alpha value is -2.03. The Balaban J connectivity index is 2.23. The summed E-state index contributed by atoms with van der Waals surface area (Å²) >= 11 is 12.3. The normalized spacial score (nSPS) is 10.8. The summed E-state index contributed by atoms with van der Waals surface area (Å²) in [5.74, 6) is -0.167. The van der Waals surface area contributed by atoms with Gasteiger partial charge in [-0.25, -0.2) is 0 Å². The third kappa shape index (κ3) is 2.48. The topological polar surface area (TPSA) is 43.1 Å². The molecular formula is C17H11Cl2NO. The van der Waals surface area contributed by atoms with E-state index in [9.17, 15) is 4.79 Å². The highest BCUT2D eigenvalue weighted by Gasteiger charge is 2.16. The van der Waals surface area contributed by atoms with Crippen molar-refractivity contribution < 1.29 is 4.79 Å². The molecule has 0 heterocycles. The molecule has 0 radical (unpaired) electrons. The van der Waals surface area contributed by atoms with E-state index in [4.69, 9.17) is 28.9 Å². The summed E-state index contributed by atoms with van der Waals surface area (Å²) in [5, 5.41) is 2.63. The van der Waals surface area contributed by atoms with Crippen LogP contribution in [0.25, 0.3) is 10.8 Å². The van der Waals surface area contributed by atoms with E-state index in [-0.39, 0.29) is 5.78 Å². The van der Waals surface area contributed by atoms with Crippen molar-refractivity contribution in [1.29, 1.82) is 0 Å². The number of hydrogen-bond donors (Lipinski definition) is 1. The highest BCUT2D eigenvalue weighted by Crippen LogP contribution is 2.30. The third-order valence-electron chi connectivity index (χ3n) is 3.35. The van der Waals surface area contributed by atoms with Crippen molar-refractivity contribution in [2.75, 3.05) is 5.73 Å². The van der Waals surface area contributed by atoms with Gasteiger partial charge in [0.2, 0.25) is 0 Å². The lowest BCUT2D eigenvalue weighted by atomic mass is 9.97. The molecule has 0 saturated carbocycles. The van der Waals surface area contributed by atoms with Crippen molar-refractivity contribution in [3.05, 3.63) is 75.8 Å². The van der Waals surface area contributed by atoms with Crippen molar-refractivity contribution in [3.8, 4) is 0 Å². The van der Waals surface area contributed by atoms with E-state index in [1.165, 1.54) is 0 Å². The minimum atomic E-state index is -0.167. The van der Waals surface area contributed by atoms with Gasteiger partial charge in [0.15, 0.2) is 5.78 Å². The fourth-order valence-electron chi connectivity index (χ4n) is 2.32. The lowest BCUT2D eigenvalue weighted by molar-refractivity contribution is 0.104. The Morgan fingerprint density at radius 3 is 2.24 bits per heavy atom. The first-order chi connectivity index (χ1) is 10.1. The van der Waals surface area contributed by atoms with Crippen LogP contribution in [0.5, 0.6) is 0 Å². The maximum absolute atomic E-state index is 12.8. The molecule has 0 bridgehead atoms. The van der Waals surface area contributed by atoms with E-state index in [0.29, 0.717) is 26.9 Å². The molecule has 0 fully saturated rings. The quantitative estimate of drug-likeness (QED) is 0.536. The number of fused-ring (bicyclic) bond motifs is 1. The molecule has 3 rings (SSSR count). The van der Waals surface area contributed by atoms with Crippen LogP contribution in [0.15, 0.2) is 54.6 Å². The van der Waals surface area contributed by atoms with Gasteiger partial charge in [-0.2, -0.15) is 0 Å². The zero-order valence-corrected chi connectivity index (χ0v) is 12.4. The monoisotopic (exact) mass is 315 g/mol. The van der Waals surface area contributed by atoms with Crippen molar-refractivity contribution in [3.63, 3.8) is 0 Å². The van der Waals surface area contributed by atoms with E-state index in [2.05, 4.69) is 0 Å². The maximum Gasteiger partial charge on any atom is 0.195 e. The Labute approximate surface area is 132 Å². The molecule has 3 aromatic rings. The molecule has 2 N–H and O–H groups in total. The summed E-state index contributed by atoms with van der Waals surface area (Å²) in [7, 11) is 0. The van der Waals surface area contributed by atoms with E-state index >= 15 is 0 Å². The van der Waals surface area contributed by atoms with Gasteiger partial charge in [0.25, 0.3) is 0 Å². The van der Waals surface area contributed by atoms with Gasteiger partial charge in [-0.1, -0.05) is 47.5 Å². The number of anilines is 1. The Kier molecular flexibility index (Phi) is 3.58. The molecule has 0 saturated heterocycles. The zero-order valence-electron chi connectivity index (χ0n) is 10.9. The van der Waals surface area contributed by atoms with Gasteiger partial charge < -0.3 is 5.73 Å². The number of carbonyl (C=O) groups excluding carboxylic acids is 1. The van der Waals surface area contributed by atoms with Gasteiger partial charge in [0.05, 0.1) is 5.02 Å². The van der Waals surface area contributed by atoms with Crippen LogP contribution in [0.1, 0.15) is 15.9 Å². The Bertz CT molecular complexity index is 859. The third-order valence-corrected chi connectivity index (χ3v) is 4.01. The van der Waals surface area contributed by atoms with Crippen molar-refractivity contribution >= 4 is 45.4 Å². The number of rotatable bonds is 2. The molecule has 0 aliphatic rings. The lowest BCUT2D eigenvalue weighted by Gasteiger charge is -2.09. The molecule has 3 aromatic carbocycles. The van der Waals surface area contributed by atoms with E-state index in [1.807, 2.05) is 24.3 Å². The molecule has 0 amide bonds. The largest absolute Gasteiger partial charge is 0.399 e. The maximum atomic E-state index is 12.8. The second-order valence-electron chi connectivity index (χ2n) is 4.71. The minimum Gasteiger partial charge on any atom is -0.399 e. The van der Waals surface area contributed by atoms with Crippen LogP contribution in [0, 0.1) is 0 Å². The second-order valence-corrected chi connectivity index (χ2v) is 5.52. The minimum absolute atomic E-state index is 0.167. The van der Waals surface area contributed by atoms with Crippen molar-refractivity contribution in [2.24, 2.45) is 0 Å². The van der Waals surface area contributed by atoms with E-state index in [0.717, 1.165) is 10.8 Å². The Morgan fingerprint density at radius 2 is 1.48 bits per heavy atom. The fourth-order valence-corrected chi connectivity index (χ4v) is 2.75. The first-order valence-electron chi connectivity index (χ1n) is 6.35. The summed E-state index contributed by atoms with van der Waals surface area (Å²) in [6.45, 7) is 0. The smallest absolute Gasteiger partial charge is 0.195 e. The summed E-state index contributed by atoms with van der Waals surface area (Å²) in [4.78, 5) is 12.8. The van der Waals surface area contributed by atoms with Crippen LogP contribution < -0.4 is 5.73 Å². The molecule has 21 heavy (non-hydrogen) atoms. The Morgan fingerprint density at radius 1 is 0.810 bits per heavy atom. The molecular weight excluding hydrogens is 305 g/mol. The summed E-state index contributed by atoms with van der Waals surface area (Å²) in [6, 6.07) is 15.8. The van der Waals surface area contributed by atoms with Gasteiger partial charge in [-0.15, -0.1) is 0 Å². The summed E-state index contributed by atoms with van der Waals surface area (Å²) in [5.41, 5.74) is 7.20. The molecule has 0 aliphatic carbocycles. The predicted octanol–water partition coefficient (Wildman–Crippen LogP) is 4.96. The number of nitrogens with two attached hydrogens (primary N) is 1. The van der Waals surface area contributed by atoms with Gasteiger partial charge in [-0.3, -0.25) is 4.79 Å². The van der Waals surface area contributed by atoms with Crippen LogP contribution in [-0.4, -0.2) is 5.78 Å². The van der Waals surface area contributed by atoms with Gasteiger partial charge in [0.1, 0.15) is 0 Å². The molecule has 0 spiro atoms. The van der Waals surface area contributed by atoms with Crippen LogP contribution in [0.3, 0.4) is 0 Å². The first-order valence-corrected chi connectivity index (χ1v) is 7.10. The zero-order chi connectivity index (χ0) is 15.0. The van der Waals surface area contributed by atoms with E-state index < -0.39 is 0 Å². The predicted molar refractivity (Wildman–Crippen MR) is 88.3 cm³/mol. The first kappa shape index (κ1) is 13.9. The average molecular weight is 316 g/mol. The fraction of sp³-hybridized carbons (Fsp3) is 0. The number of halogens is 2. The molecule has 0 aromatic heterocycles. The number of benzene rings is 3. The van der Waals surface area contributed by atoms with Gasteiger partial charge >= 0.3 is 0 Å². The van der Waals surface area contributed by atoms with Gasteiger partial charge in [-0.05, 0) is 35.7 Å². The molecule has 4 heteroatoms. The number of ketones is 1. The number of nitrogen functional groups attached to an aromatic ring is 1. The van der Waals surface area contributed by atoms with Crippen LogP contribution >= 0.6 is 23.2 Å². The highest BCUT2D eigenvalue weighted by atomic mass is 35.5. The molecule has 0 atom stereocenters. The molecule has 0 aliphatic heterocycles. The average Bonchev–Trinajstić information content (AvgIpc) is 2.50. The molecule has 0 unspecified atom stereocenters. The second kappa shape index (κ2) is 5.40. The van der Waals surface area contributed by atoms with Crippen molar-refractivity contribution in [1.82, 2.24) is 0 Å². The summed E-state index contributed by atoms with van der Waals surface area (Å²) in [6.07, 6.45) is 0. The van der Waals surface area contributed by atoms with Crippen LogP contribution in [0.4, 0.5) is 5.69 Å². The van der Waals surface area contributed by atoms with Crippen molar-refractivity contribution in [2.45, 2.75) is 0 Å². The standard InChI is InChI=1S/C17H11Cl2NO/c18-15-8-6-13(11-3-1-2-4-12(11)15)17(21)14-9-10(20)5-7-16(14)19/h1-9H,20H2. The number of carbonyl (C=O) groups is 1. The number of hydrogen-bond acceptors (Lipinski definition) is 2. The highest BCUT2D eigenvalue weighted by molar-refractivity contribution is 6.38. The molecule has 2 nitrogen and oxygen atoms in total. The van der Waals surface area contributed by atoms with Crippen LogP contribution in [0.2, 0.25) is 10.0 Å². The van der Waals surface area contributed by atoms with Crippen LogP contribution in [-0.2, 0) is 0 Å². The molecule has 104 valence electrons. The summed E-state index contributed by atoms with van der Waals surface area (Å²) < 4.78 is 0. The lowest BCUT2D eigenvalue weighted by Crippen LogP contribution is -2.04. The SMILES string of the molecule is Nc1ccc(Cl)c(C(=O)c2ccc(Cl)c3ccccc23)c1. The van der Waals surface area contributed by atoms with Gasteiger partial charge in [0, 0.05) is 27.2 Å². The van der Waals surface area contributed by atoms with E-state index in [1.54, 1.807) is 30.3 Å².